The van der Waals surface area contributed by atoms with E-state index in [1.165, 1.54) is 31.2 Å². The second-order valence-corrected chi connectivity index (χ2v) is 4.54. The maximum absolute atomic E-state index is 2.48. The highest BCUT2D eigenvalue weighted by Gasteiger charge is 2.11. The standard InChI is InChI=1S/C15H25N/c1-4-9-15(16(3)5-2)13-12-14-10-7-6-8-11-14/h6-8,10-11,15H,4-5,9,12-13H2,1-3H3. The third-order valence-electron chi connectivity index (χ3n) is 3.35. The number of rotatable bonds is 7. The first-order valence-electron chi connectivity index (χ1n) is 6.52. The molecule has 1 aromatic carbocycles. The Kier molecular flexibility index (Phi) is 6.17. The maximum atomic E-state index is 2.48. The second kappa shape index (κ2) is 7.45. The number of aryl methyl sites for hydroxylation is 1. The molecule has 1 nitrogen and oxygen atoms in total. The monoisotopic (exact) mass is 219 g/mol. The van der Waals surface area contributed by atoms with Gasteiger partial charge in [0.25, 0.3) is 0 Å². The number of hydrogen-bond acceptors (Lipinski definition) is 1. The van der Waals surface area contributed by atoms with Gasteiger partial charge in [-0.3, -0.25) is 0 Å². The highest BCUT2D eigenvalue weighted by molar-refractivity contribution is 5.14. The summed E-state index contributed by atoms with van der Waals surface area (Å²) in [6, 6.07) is 11.6. The van der Waals surface area contributed by atoms with Crippen LogP contribution in [0.2, 0.25) is 0 Å². The van der Waals surface area contributed by atoms with Gasteiger partial charge in [-0.1, -0.05) is 50.6 Å². The van der Waals surface area contributed by atoms with Crippen LogP contribution in [0.4, 0.5) is 0 Å². The van der Waals surface area contributed by atoms with Gasteiger partial charge in [-0.15, -0.1) is 0 Å². The molecule has 1 aromatic rings. The van der Waals surface area contributed by atoms with Gasteiger partial charge in [0.1, 0.15) is 0 Å². The minimum absolute atomic E-state index is 0.746. The molecule has 0 fully saturated rings. The molecule has 1 unspecified atom stereocenters. The second-order valence-electron chi connectivity index (χ2n) is 4.54. The zero-order valence-corrected chi connectivity index (χ0v) is 10.9. The Labute approximate surface area is 100 Å². The lowest BCUT2D eigenvalue weighted by Crippen LogP contribution is -2.31. The lowest BCUT2D eigenvalue weighted by atomic mass is 10.0. The summed E-state index contributed by atoms with van der Waals surface area (Å²) in [4.78, 5) is 2.48. The molecule has 16 heavy (non-hydrogen) atoms. The van der Waals surface area contributed by atoms with Crippen molar-refractivity contribution in [3.8, 4) is 0 Å². The highest BCUT2D eigenvalue weighted by Crippen LogP contribution is 2.13. The van der Waals surface area contributed by atoms with E-state index in [-0.39, 0.29) is 0 Å². The molecule has 0 aliphatic carbocycles. The van der Waals surface area contributed by atoms with Crippen LogP contribution in [-0.4, -0.2) is 24.5 Å². The van der Waals surface area contributed by atoms with Gasteiger partial charge in [0.15, 0.2) is 0 Å². The van der Waals surface area contributed by atoms with Gasteiger partial charge < -0.3 is 4.90 Å². The summed E-state index contributed by atoms with van der Waals surface area (Å²) in [7, 11) is 2.24. The van der Waals surface area contributed by atoms with E-state index in [1.807, 2.05) is 0 Å². The molecule has 0 heterocycles. The Hall–Kier alpha value is -0.820. The molecule has 1 atom stereocenters. The summed E-state index contributed by atoms with van der Waals surface area (Å²) in [6.45, 7) is 5.67. The minimum atomic E-state index is 0.746. The first-order chi connectivity index (χ1) is 7.77. The van der Waals surface area contributed by atoms with Crippen LogP contribution in [0.15, 0.2) is 30.3 Å². The highest BCUT2D eigenvalue weighted by atomic mass is 15.1. The van der Waals surface area contributed by atoms with Gasteiger partial charge in [-0.25, -0.2) is 0 Å². The van der Waals surface area contributed by atoms with E-state index in [1.54, 1.807) is 0 Å². The smallest absolute Gasteiger partial charge is 0.00951 e. The third kappa shape index (κ3) is 4.36. The fourth-order valence-corrected chi connectivity index (χ4v) is 2.15. The van der Waals surface area contributed by atoms with Crippen molar-refractivity contribution in [1.82, 2.24) is 4.90 Å². The van der Waals surface area contributed by atoms with E-state index in [9.17, 15) is 0 Å². The lowest BCUT2D eigenvalue weighted by Gasteiger charge is -2.26. The predicted molar refractivity (Wildman–Crippen MR) is 71.8 cm³/mol. The average molecular weight is 219 g/mol. The van der Waals surface area contributed by atoms with Crippen LogP contribution < -0.4 is 0 Å². The lowest BCUT2D eigenvalue weighted by molar-refractivity contribution is 0.228. The van der Waals surface area contributed by atoms with Crippen LogP contribution in [0.3, 0.4) is 0 Å². The molecule has 0 amide bonds. The third-order valence-corrected chi connectivity index (χ3v) is 3.35. The molecule has 0 aromatic heterocycles. The normalized spacial score (nSPS) is 13.0. The predicted octanol–water partition coefficient (Wildman–Crippen LogP) is 3.74. The first-order valence-corrected chi connectivity index (χ1v) is 6.52. The van der Waals surface area contributed by atoms with Crippen LogP contribution in [0, 0.1) is 0 Å². The Morgan fingerprint density at radius 2 is 1.75 bits per heavy atom. The minimum Gasteiger partial charge on any atom is -0.304 e. The van der Waals surface area contributed by atoms with E-state index in [0.717, 1.165) is 12.6 Å². The van der Waals surface area contributed by atoms with Crippen LogP contribution in [-0.2, 0) is 6.42 Å². The molecular formula is C15H25N. The molecule has 0 saturated heterocycles. The Balaban J connectivity index is 2.43. The summed E-state index contributed by atoms with van der Waals surface area (Å²) >= 11 is 0. The van der Waals surface area contributed by atoms with Crippen molar-refractivity contribution >= 4 is 0 Å². The number of hydrogen-bond donors (Lipinski definition) is 0. The van der Waals surface area contributed by atoms with Gasteiger partial charge in [0.05, 0.1) is 0 Å². The van der Waals surface area contributed by atoms with Crippen molar-refractivity contribution in [2.45, 2.75) is 45.6 Å². The molecule has 0 radical (unpaired) electrons. The van der Waals surface area contributed by atoms with Gasteiger partial charge in [-0.05, 0) is 38.4 Å². The Morgan fingerprint density at radius 1 is 1.06 bits per heavy atom. The first kappa shape index (κ1) is 13.2. The van der Waals surface area contributed by atoms with Crippen LogP contribution in [0.25, 0.3) is 0 Å². The van der Waals surface area contributed by atoms with E-state index >= 15 is 0 Å². The Bertz CT molecular complexity index is 268. The van der Waals surface area contributed by atoms with Crippen molar-refractivity contribution in [3.63, 3.8) is 0 Å². The zero-order valence-electron chi connectivity index (χ0n) is 10.9. The van der Waals surface area contributed by atoms with Crippen molar-refractivity contribution < 1.29 is 0 Å². The largest absolute Gasteiger partial charge is 0.304 e. The molecule has 0 spiro atoms. The fraction of sp³-hybridized carbons (Fsp3) is 0.600. The molecule has 0 N–H and O–H groups in total. The summed E-state index contributed by atoms with van der Waals surface area (Å²) < 4.78 is 0. The van der Waals surface area contributed by atoms with Crippen molar-refractivity contribution in [2.75, 3.05) is 13.6 Å². The summed E-state index contributed by atoms with van der Waals surface area (Å²) in [5.41, 5.74) is 1.47. The molecule has 0 aliphatic rings. The molecule has 0 saturated carbocycles. The van der Waals surface area contributed by atoms with Crippen molar-refractivity contribution in [3.05, 3.63) is 35.9 Å². The van der Waals surface area contributed by atoms with Crippen LogP contribution in [0.1, 0.15) is 38.7 Å². The fourth-order valence-electron chi connectivity index (χ4n) is 2.15. The van der Waals surface area contributed by atoms with Gasteiger partial charge >= 0.3 is 0 Å². The topological polar surface area (TPSA) is 3.24 Å². The van der Waals surface area contributed by atoms with Crippen molar-refractivity contribution in [1.29, 1.82) is 0 Å². The molecule has 0 aliphatic heterocycles. The van der Waals surface area contributed by atoms with Crippen molar-refractivity contribution in [2.24, 2.45) is 0 Å². The Morgan fingerprint density at radius 3 is 2.31 bits per heavy atom. The molecule has 90 valence electrons. The zero-order chi connectivity index (χ0) is 11.8. The van der Waals surface area contributed by atoms with Gasteiger partial charge in [0.2, 0.25) is 0 Å². The van der Waals surface area contributed by atoms with Gasteiger partial charge in [-0.2, -0.15) is 0 Å². The molecular weight excluding hydrogens is 194 g/mol. The van der Waals surface area contributed by atoms with E-state index in [2.05, 4.69) is 56.1 Å². The summed E-state index contributed by atoms with van der Waals surface area (Å²) in [5, 5.41) is 0. The van der Waals surface area contributed by atoms with E-state index in [0.29, 0.717) is 0 Å². The van der Waals surface area contributed by atoms with Crippen LogP contribution in [0.5, 0.6) is 0 Å². The number of benzene rings is 1. The van der Waals surface area contributed by atoms with Crippen LogP contribution >= 0.6 is 0 Å². The summed E-state index contributed by atoms with van der Waals surface area (Å²) in [5.74, 6) is 0. The van der Waals surface area contributed by atoms with E-state index < -0.39 is 0 Å². The average Bonchev–Trinajstić information content (AvgIpc) is 2.34. The quantitative estimate of drug-likeness (QED) is 0.675. The maximum Gasteiger partial charge on any atom is 0.00951 e. The van der Waals surface area contributed by atoms with E-state index in [4.69, 9.17) is 0 Å². The molecule has 1 heteroatoms. The van der Waals surface area contributed by atoms with Gasteiger partial charge in [0, 0.05) is 6.04 Å². The summed E-state index contributed by atoms with van der Waals surface area (Å²) in [6.07, 6.45) is 5.08. The molecule has 0 bridgehead atoms. The SMILES string of the molecule is CCCC(CCc1ccccc1)N(C)CC. The number of nitrogens with zero attached hydrogens (tertiary/aromatic N) is 1. The molecule has 1 rings (SSSR count).